The zero-order valence-electron chi connectivity index (χ0n) is 10.3. The minimum absolute atomic E-state index is 0.446. The zero-order chi connectivity index (χ0) is 13.1. The molecule has 0 aliphatic carbocycles. The van der Waals surface area contributed by atoms with Crippen LogP contribution in [0.1, 0.15) is 29.8 Å². The quantitative estimate of drug-likeness (QED) is 0.767. The van der Waals surface area contributed by atoms with Crippen LogP contribution in [0.25, 0.3) is 0 Å². The van der Waals surface area contributed by atoms with Crippen LogP contribution < -0.4 is 0 Å². The van der Waals surface area contributed by atoms with Crippen LogP contribution in [0, 0.1) is 0 Å². The third kappa shape index (κ3) is 2.59. The van der Waals surface area contributed by atoms with Gasteiger partial charge in [-0.2, -0.15) is 0 Å². The predicted octanol–water partition coefficient (Wildman–Crippen LogP) is 2.24. The molecule has 2 rings (SSSR count). The van der Waals surface area contributed by atoms with E-state index in [0.29, 0.717) is 11.1 Å². The Labute approximate surface area is 105 Å². The van der Waals surface area contributed by atoms with Gasteiger partial charge in [-0.3, -0.25) is 0 Å². The van der Waals surface area contributed by atoms with Crippen LogP contribution in [-0.2, 0) is 20.7 Å². The smallest absolute Gasteiger partial charge is 0.341 e. The van der Waals surface area contributed by atoms with Crippen LogP contribution in [0.2, 0.25) is 0 Å². The van der Waals surface area contributed by atoms with Gasteiger partial charge in [0, 0.05) is 11.6 Å². The molecule has 0 fully saturated rings. The molecule has 0 radical (unpaired) electrons. The topological polar surface area (TPSA) is 52.6 Å². The molecule has 1 heterocycles. The molecule has 0 amide bonds. The van der Waals surface area contributed by atoms with Crippen LogP contribution >= 0.6 is 0 Å². The van der Waals surface area contributed by atoms with Crippen LogP contribution in [-0.4, -0.2) is 18.2 Å². The molecule has 1 aromatic carbocycles. The Kier molecular flexibility index (Phi) is 3.46. The minimum Gasteiger partial charge on any atom is -0.418 e. The van der Waals surface area contributed by atoms with Crippen LogP contribution in [0.3, 0.4) is 0 Å². The Morgan fingerprint density at radius 3 is 2.50 bits per heavy atom. The number of ether oxygens (including phenoxy) is 2. The standard InChI is InChI=1S/C14H14O4/c1-3-10-4-6-11(7-5-10)14(16)18-12-8-9(2)13(15)17-12/h4-8,12H,3H2,1-2H3/t12-/m0/s1. The van der Waals surface area contributed by atoms with Gasteiger partial charge in [0.15, 0.2) is 0 Å². The summed E-state index contributed by atoms with van der Waals surface area (Å²) in [5.74, 6) is -0.949. The van der Waals surface area contributed by atoms with Crippen molar-refractivity contribution in [1.29, 1.82) is 0 Å². The first-order valence-electron chi connectivity index (χ1n) is 5.79. The second-order valence-corrected chi connectivity index (χ2v) is 4.08. The maximum absolute atomic E-state index is 11.8. The Balaban J connectivity index is 2.02. The van der Waals surface area contributed by atoms with E-state index in [-0.39, 0.29) is 0 Å². The fourth-order valence-electron chi connectivity index (χ4n) is 1.61. The average Bonchev–Trinajstić information content (AvgIpc) is 2.68. The minimum atomic E-state index is -0.907. The predicted molar refractivity (Wildman–Crippen MR) is 64.9 cm³/mol. The van der Waals surface area contributed by atoms with Gasteiger partial charge in [0.2, 0.25) is 0 Å². The number of carbonyl (C=O) groups is 2. The van der Waals surface area contributed by atoms with Gasteiger partial charge in [0.1, 0.15) is 0 Å². The van der Waals surface area contributed by atoms with Crippen LogP contribution in [0.4, 0.5) is 0 Å². The number of cyclic esters (lactones) is 1. The summed E-state index contributed by atoms with van der Waals surface area (Å²) >= 11 is 0. The fraction of sp³-hybridized carbons (Fsp3) is 0.286. The summed E-state index contributed by atoms with van der Waals surface area (Å²) in [6, 6.07) is 7.15. The van der Waals surface area contributed by atoms with E-state index in [1.807, 2.05) is 19.1 Å². The van der Waals surface area contributed by atoms with Gasteiger partial charge >= 0.3 is 11.9 Å². The molecule has 0 unspecified atom stereocenters. The lowest BCUT2D eigenvalue weighted by molar-refractivity contribution is -0.151. The van der Waals surface area contributed by atoms with E-state index in [1.54, 1.807) is 19.1 Å². The maximum atomic E-state index is 11.8. The molecule has 94 valence electrons. The van der Waals surface area contributed by atoms with Gasteiger partial charge in [-0.1, -0.05) is 19.1 Å². The third-order valence-electron chi connectivity index (χ3n) is 2.75. The van der Waals surface area contributed by atoms with Crippen molar-refractivity contribution in [2.75, 3.05) is 0 Å². The largest absolute Gasteiger partial charge is 0.418 e. The summed E-state index contributed by atoms with van der Waals surface area (Å²) in [5, 5.41) is 0. The Morgan fingerprint density at radius 2 is 2.00 bits per heavy atom. The highest BCUT2D eigenvalue weighted by atomic mass is 16.7. The molecule has 1 atom stereocenters. The zero-order valence-corrected chi connectivity index (χ0v) is 10.3. The van der Waals surface area contributed by atoms with E-state index in [9.17, 15) is 9.59 Å². The molecule has 1 aliphatic heterocycles. The number of hydrogen-bond donors (Lipinski definition) is 0. The van der Waals surface area contributed by atoms with Crippen molar-refractivity contribution < 1.29 is 19.1 Å². The number of rotatable bonds is 3. The van der Waals surface area contributed by atoms with Gasteiger partial charge in [-0.05, 0) is 31.0 Å². The summed E-state index contributed by atoms with van der Waals surface area (Å²) in [4.78, 5) is 22.9. The van der Waals surface area contributed by atoms with Crippen molar-refractivity contribution in [3.63, 3.8) is 0 Å². The van der Waals surface area contributed by atoms with E-state index in [2.05, 4.69) is 0 Å². The number of benzene rings is 1. The summed E-state index contributed by atoms with van der Waals surface area (Å²) in [6.07, 6.45) is 1.49. The molecule has 0 spiro atoms. The van der Waals surface area contributed by atoms with Crippen molar-refractivity contribution in [3.8, 4) is 0 Å². The molecule has 1 aliphatic rings. The first-order chi connectivity index (χ1) is 8.60. The first-order valence-corrected chi connectivity index (χ1v) is 5.79. The fourth-order valence-corrected chi connectivity index (χ4v) is 1.61. The van der Waals surface area contributed by atoms with Crippen molar-refractivity contribution in [1.82, 2.24) is 0 Å². The molecule has 18 heavy (non-hydrogen) atoms. The molecule has 0 saturated heterocycles. The second-order valence-electron chi connectivity index (χ2n) is 4.08. The molecular weight excluding hydrogens is 232 g/mol. The molecule has 0 aromatic heterocycles. The van der Waals surface area contributed by atoms with Crippen molar-refractivity contribution in [2.45, 2.75) is 26.6 Å². The average molecular weight is 246 g/mol. The van der Waals surface area contributed by atoms with Gasteiger partial charge in [0.05, 0.1) is 5.56 Å². The molecule has 0 N–H and O–H groups in total. The van der Waals surface area contributed by atoms with Crippen LogP contribution in [0.5, 0.6) is 0 Å². The van der Waals surface area contributed by atoms with Crippen molar-refractivity contribution >= 4 is 11.9 Å². The second kappa shape index (κ2) is 5.04. The van der Waals surface area contributed by atoms with E-state index in [1.165, 1.54) is 6.08 Å². The molecule has 4 heteroatoms. The summed E-state index contributed by atoms with van der Waals surface area (Å²) < 4.78 is 9.89. The van der Waals surface area contributed by atoms with E-state index in [4.69, 9.17) is 9.47 Å². The Morgan fingerprint density at radius 1 is 1.33 bits per heavy atom. The molecule has 0 saturated carbocycles. The van der Waals surface area contributed by atoms with E-state index >= 15 is 0 Å². The molecule has 0 bridgehead atoms. The normalized spacial score (nSPS) is 18.2. The molecule has 1 aromatic rings. The van der Waals surface area contributed by atoms with Crippen LogP contribution in [0.15, 0.2) is 35.9 Å². The summed E-state index contributed by atoms with van der Waals surface area (Å²) in [7, 11) is 0. The third-order valence-corrected chi connectivity index (χ3v) is 2.75. The van der Waals surface area contributed by atoms with Gasteiger partial charge in [-0.15, -0.1) is 0 Å². The lowest BCUT2D eigenvalue weighted by Gasteiger charge is -2.09. The number of hydrogen-bond acceptors (Lipinski definition) is 4. The highest BCUT2D eigenvalue weighted by molar-refractivity contribution is 5.92. The van der Waals surface area contributed by atoms with E-state index in [0.717, 1.165) is 12.0 Å². The van der Waals surface area contributed by atoms with Gasteiger partial charge in [-0.25, -0.2) is 9.59 Å². The SMILES string of the molecule is CCc1ccc(C(=O)O[C@H]2C=C(C)C(=O)O2)cc1. The van der Waals surface area contributed by atoms with Crippen molar-refractivity contribution in [3.05, 3.63) is 47.0 Å². The number of aryl methyl sites for hydroxylation is 1. The first kappa shape index (κ1) is 12.4. The molecule has 4 nitrogen and oxygen atoms in total. The highest BCUT2D eigenvalue weighted by Gasteiger charge is 2.25. The Hall–Kier alpha value is -2.10. The summed E-state index contributed by atoms with van der Waals surface area (Å²) in [5.41, 5.74) is 2.05. The highest BCUT2D eigenvalue weighted by Crippen LogP contribution is 2.16. The number of esters is 2. The summed E-state index contributed by atoms with van der Waals surface area (Å²) in [6.45, 7) is 3.66. The lowest BCUT2D eigenvalue weighted by atomic mass is 10.1. The Bertz CT molecular complexity index is 499. The maximum Gasteiger partial charge on any atom is 0.341 e. The monoisotopic (exact) mass is 246 g/mol. The molecular formula is C14H14O4. The number of carbonyl (C=O) groups excluding carboxylic acids is 2. The van der Waals surface area contributed by atoms with Crippen molar-refractivity contribution in [2.24, 2.45) is 0 Å². The van der Waals surface area contributed by atoms with Gasteiger partial charge in [0.25, 0.3) is 6.29 Å². The lowest BCUT2D eigenvalue weighted by Crippen LogP contribution is -2.17. The van der Waals surface area contributed by atoms with E-state index < -0.39 is 18.2 Å². The van der Waals surface area contributed by atoms with Gasteiger partial charge < -0.3 is 9.47 Å².